The standard InChI is InChI=1S/C16H32N2O/c1-14(2)12-19-10-9-18-11-15(3)17-13-16(18)7-5-4-6-8-16/h14-15,17H,4-13H2,1-3H3. The molecule has 2 fully saturated rings. The van der Waals surface area contributed by atoms with Crippen molar-refractivity contribution in [1.29, 1.82) is 0 Å². The van der Waals surface area contributed by atoms with Crippen molar-refractivity contribution in [2.24, 2.45) is 5.92 Å². The Morgan fingerprint density at radius 2 is 2.00 bits per heavy atom. The van der Waals surface area contributed by atoms with Crippen LogP contribution in [-0.2, 0) is 4.74 Å². The lowest BCUT2D eigenvalue weighted by Crippen LogP contribution is -2.65. The Morgan fingerprint density at radius 3 is 2.68 bits per heavy atom. The molecule has 1 aliphatic carbocycles. The summed E-state index contributed by atoms with van der Waals surface area (Å²) in [6.07, 6.45) is 6.97. The second-order valence-corrected chi connectivity index (χ2v) is 6.98. The third-order valence-corrected chi connectivity index (χ3v) is 4.69. The molecule has 3 nitrogen and oxygen atoms in total. The maximum atomic E-state index is 5.80. The Balaban J connectivity index is 1.85. The Bertz CT molecular complexity index is 261. The molecule has 0 radical (unpaired) electrons. The van der Waals surface area contributed by atoms with E-state index in [9.17, 15) is 0 Å². The summed E-state index contributed by atoms with van der Waals surface area (Å²) in [5.74, 6) is 0.644. The monoisotopic (exact) mass is 268 g/mol. The van der Waals surface area contributed by atoms with Gasteiger partial charge in [0.25, 0.3) is 0 Å². The molecule has 1 unspecified atom stereocenters. The first-order valence-electron chi connectivity index (χ1n) is 8.18. The van der Waals surface area contributed by atoms with Gasteiger partial charge in [-0.15, -0.1) is 0 Å². The maximum absolute atomic E-state index is 5.80. The van der Waals surface area contributed by atoms with E-state index in [-0.39, 0.29) is 0 Å². The molecule has 0 bridgehead atoms. The Kier molecular flexibility index (Phi) is 5.67. The van der Waals surface area contributed by atoms with E-state index < -0.39 is 0 Å². The molecule has 1 heterocycles. The molecule has 1 spiro atoms. The van der Waals surface area contributed by atoms with Gasteiger partial charge in [0, 0.05) is 37.8 Å². The number of hydrogen-bond donors (Lipinski definition) is 1. The molecular formula is C16H32N2O. The molecule has 0 aromatic rings. The van der Waals surface area contributed by atoms with Gasteiger partial charge < -0.3 is 10.1 Å². The summed E-state index contributed by atoms with van der Waals surface area (Å²) in [5, 5.41) is 3.70. The average Bonchev–Trinajstić information content (AvgIpc) is 2.40. The topological polar surface area (TPSA) is 24.5 Å². The summed E-state index contributed by atoms with van der Waals surface area (Å²) in [5.41, 5.74) is 0.436. The molecule has 19 heavy (non-hydrogen) atoms. The fourth-order valence-corrected chi connectivity index (χ4v) is 3.59. The van der Waals surface area contributed by atoms with E-state index in [1.807, 2.05) is 0 Å². The number of piperazine rings is 1. The van der Waals surface area contributed by atoms with Crippen LogP contribution >= 0.6 is 0 Å². The summed E-state index contributed by atoms with van der Waals surface area (Å²) < 4.78 is 5.80. The highest BCUT2D eigenvalue weighted by atomic mass is 16.5. The number of ether oxygens (including phenoxy) is 1. The first-order chi connectivity index (χ1) is 9.12. The minimum atomic E-state index is 0.436. The summed E-state index contributed by atoms with van der Waals surface area (Å²) in [7, 11) is 0. The zero-order valence-corrected chi connectivity index (χ0v) is 13.1. The van der Waals surface area contributed by atoms with Crippen LogP contribution in [0, 0.1) is 5.92 Å². The van der Waals surface area contributed by atoms with Crippen LogP contribution in [0.25, 0.3) is 0 Å². The van der Waals surface area contributed by atoms with Crippen molar-refractivity contribution in [3.8, 4) is 0 Å². The summed E-state index contributed by atoms with van der Waals surface area (Å²) >= 11 is 0. The van der Waals surface area contributed by atoms with Crippen molar-refractivity contribution in [3.63, 3.8) is 0 Å². The molecule has 1 saturated heterocycles. The van der Waals surface area contributed by atoms with E-state index in [0.29, 0.717) is 17.5 Å². The summed E-state index contributed by atoms with van der Waals surface area (Å²) in [6, 6.07) is 0.623. The highest BCUT2D eigenvalue weighted by Gasteiger charge is 2.40. The zero-order chi connectivity index (χ0) is 13.7. The fourth-order valence-electron chi connectivity index (χ4n) is 3.59. The second-order valence-electron chi connectivity index (χ2n) is 6.98. The van der Waals surface area contributed by atoms with Crippen molar-refractivity contribution in [3.05, 3.63) is 0 Å². The van der Waals surface area contributed by atoms with Crippen molar-refractivity contribution in [1.82, 2.24) is 10.2 Å². The molecule has 0 amide bonds. The van der Waals surface area contributed by atoms with Gasteiger partial charge in [0.15, 0.2) is 0 Å². The van der Waals surface area contributed by atoms with Crippen LogP contribution < -0.4 is 5.32 Å². The Morgan fingerprint density at radius 1 is 1.26 bits per heavy atom. The van der Waals surface area contributed by atoms with Crippen molar-refractivity contribution < 1.29 is 4.74 Å². The Hall–Kier alpha value is -0.120. The minimum absolute atomic E-state index is 0.436. The quantitative estimate of drug-likeness (QED) is 0.776. The van der Waals surface area contributed by atoms with Gasteiger partial charge in [-0.1, -0.05) is 33.1 Å². The van der Waals surface area contributed by atoms with Gasteiger partial charge >= 0.3 is 0 Å². The van der Waals surface area contributed by atoms with Crippen molar-refractivity contribution in [2.45, 2.75) is 64.5 Å². The predicted octanol–water partition coefficient (Wildman–Crippen LogP) is 2.66. The smallest absolute Gasteiger partial charge is 0.0593 e. The van der Waals surface area contributed by atoms with E-state index in [2.05, 4.69) is 31.0 Å². The van der Waals surface area contributed by atoms with E-state index >= 15 is 0 Å². The van der Waals surface area contributed by atoms with Crippen molar-refractivity contribution >= 4 is 0 Å². The largest absolute Gasteiger partial charge is 0.380 e. The molecule has 1 N–H and O–H groups in total. The molecule has 1 saturated carbocycles. The Labute approximate surface area is 119 Å². The van der Waals surface area contributed by atoms with Gasteiger partial charge in [-0.25, -0.2) is 0 Å². The van der Waals surface area contributed by atoms with Gasteiger partial charge in [0.1, 0.15) is 0 Å². The fraction of sp³-hybridized carbons (Fsp3) is 1.00. The SMILES string of the molecule is CC(C)COCCN1CC(C)NCC12CCCCC2. The number of hydrogen-bond acceptors (Lipinski definition) is 3. The number of rotatable bonds is 5. The van der Waals surface area contributed by atoms with E-state index in [1.165, 1.54) is 45.2 Å². The molecular weight excluding hydrogens is 236 g/mol. The lowest BCUT2D eigenvalue weighted by atomic mass is 9.78. The predicted molar refractivity (Wildman–Crippen MR) is 80.5 cm³/mol. The lowest BCUT2D eigenvalue weighted by Gasteiger charge is -2.51. The molecule has 0 aromatic heterocycles. The van der Waals surface area contributed by atoms with Gasteiger partial charge in [-0.05, 0) is 25.7 Å². The zero-order valence-electron chi connectivity index (χ0n) is 13.1. The third kappa shape index (κ3) is 4.17. The number of nitrogens with one attached hydrogen (secondary N) is 1. The van der Waals surface area contributed by atoms with Gasteiger partial charge in [0.05, 0.1) is 6.61 Å². The van der Waals surface area contributed by atoms with Gasteiger partial charge in [-0.2, -0.15) is 0 Å². The van der Waals surface area contributed by atoms with Crippen LogP contribution in [0.2, 0.25) is 0 Å². The molecule has 0 aromatic carbocycles. The molecule has 3 heteroatoms. The maximum Gasteiger partial charge on any atom is 0.0593 e. The highest BCUT2D eigenvalue weighted by Crippen LogP contribution is 2.35. The lowest BCUT2D eigenvalue weighted by molar-refractivity contribution is -0.0120. The third-order valence-electron chi connectivity index (χ3n) is 4.69. The molecule has 1 atom stereocenters. The van der Waals surface area contributed by atoms with Crippen LogP contribution in [0.3, 0.4) is 0 Å². The normalized spacial score (nSPS) is 28.1. The van der Waals surface area contributed by atoms with Crippen LogP contribution in [-0.4, -0.2) is 49.3 Å². The van der Waals surface area contributed by atoms with E-state index in [0.717, 1.165) is 19.8 Å². The molecule has 2 rings (SSSR count). The molecule has 112 valence electrons. The van der Waals surface area contributed by atoms with Crippen LogP contribution in [0.4, 0.5) is 0 Å². The first-order valence-corrected chi connectivity index (χ1v) is 8.18. The highest BCUT2D eigenvalue weighted by molar-refractivity contribution is 4.99. The van der Waals surface area contributed by atoms with E-state index in [4.69, 9.17) is 4.74 Å². The average molecular weight is 268 g/mol. The first kappa shape index (κ1) is 15.3. The van der Waals surface area contributed by atoms with Crippen LogP contribution in [0.1, 0.15) is 52.9 Å². The molecule has 2 aliphatic rings. The summed E-state index contributed by atoms with van der Waals surface area (Å²) in [6.45, 7) is 12.0. The van der Waals surface area contributed by atoms with Crippen LogP contribution in [0.5, 0.6) is 0 Å². The number of nitrogens with zero attached hydrogens (tertiary/aromatic N) is 1. The van der Waals surface area contributed by atoms with E-state index in [1.54, 1.807) is 0 Å². The van der Waals surface area contributed by atoms with Gasteiger partial charge in [-0.3, -0.25) is 4.90 Å². The minimum Gasteiger partial charge on any atom is -0.380 e. The van der Waals surface area contributed by atoms with Crippen LogP contribution in [0.15, 0.2) is 0 Å². The van der Waals surface area contributed by atoms with Crippen molar-refractivity contribution in [2.75, 3.05) is 32.8 Å². The second kappa shape index (κ2) is 7.05. The summed E-state index contributed by atoms with van der Waals surface area (Å²) in [4.78, 5) is 2.73. The molecule has 1 aliphatic heterocycles. The van der Waals surface area contributed by atoms with Gasteiger partial charge in [0.2, 0.25) is 0 Å².